The van der Waals surface area contributed by atoms with Gasteiger partial charge in [-0.05, 0) is 67.6 Å². The summed E-state index contributed by atoms with van der Waals surface area (Å²) in [7, 11) is 0. The largest absolute Gasteiger partial charge is 0.422 e. The molecule has 2 aromatic carbocycles. The minimum atomic E-state index is -0.840. The maximum absolute atomic E-state index is 12.8. The Morgan fingerprint density at radius 3 is 2.62 bits per heavy atom. The number of carbonyl (C=O) groups excluding carboxylic acids is 1. The summed E-state index contributed by atoms with van der Waals surface area (Å²) in [6, 6.07) is 18.9. The van der Waals surface area contributed by atoms with Gasteiger partial charge in [0.15, 0.2) is 0 Å². The number of aryl methyl sites for hydroxylation is 1. The van der Waals surface area contributed by atoms with Crippen molar-refractivity contribution in [1.29, 1.82) is 0 Å². The zero-order valence-electron chi connectivity index (χ0n) is 19.1. The average molecular weight is 519 g/mol. The van der Waals surface area contributed by atoms with Crippen LogP contribution < -0.4 is 5.63 Å². The highest BCUT2D eigenvalue weighted by molar-refractivity contribution is 9.10. The molecule has 0 saturated carbocycles. The smallest absolute Gasteiger partial charge is 0.373 e. The van der Waals surface area contributed by atoms with Crippen LogP contribution in [0.5, 0.6) is 0 Å². The van der Waals surface area contributed by atoms with Crippen molar-refractivity contribution in [2.24, 2.45) is 10.6 Å². The molecule has 0 fully saturated rings. The summed E-state index contributed by atoms with van der Waals surface area (Å²) in [6.07, 6.45) is 1.51. The van der Waals surface area contributed by atoms with Gasteiger partial charge in [0, 0.05) is 32.5 Å². The van der Waals surface area contributed by atoms with E-state index in [2.05, 4.69) is 64.6 Å². The Balaban J connectivity index is 1.52. The van der Waals surface area contributed by atoms with Gasteiger partial charge in [-0.15, -0.1) is 0 Å². The Labute approximate surface area is 205 Å². The van der Waals surface area contributed by atoms with Crippen molar-refractivity contribution >= 4 is 38.6 Å². The molecule has 0 spiro atoms. The first kappa shape index (κ1) is 22.3. The summed E-state index contributed by atoms with van der Waals surface area (Å²) < 4.78 is 8.32. The zero-order valence-corrected chi connectivity index (χ0v) is 20.7. The number of carbonyl (C=O) groups is 1. The SMILES string of the molecule is Cc1cc2c(n1-c1ccccc1)CC(C)(C)C/C2=N\OC(=O)c1cc2cc(Br)ccc2oc1=O. The zero-order chi connectivity index (χ0) is 24.0. The predicted octanol–water partition coefficient (Wildman–Crippen LogP) is 6.19. The summed E-state index contributed by atoms with van der Waals surface area (Å²) in [5.74, 6) is -0.840. The van der Waals surface area contributed by atoms with Crippen LogP contribution in [0, 0.1) is 12.3 Å². The predicted molar refractivity (Wildman–Crippen MR) is 135 cm³/mol. The standard InChI is InChI=1S/C27H23BrN2O4/c1-16-11-20-22(14-27(2,3)15-23(20)30(16)19-7-5-4-6-8-19)29-34-26(32)21-13-17-12-18(28)9-10-24(17)33-25(21)31/h4-13H,14-15H2,1-3H3/b29-22+. The molecule has 0 N–H and O–H groups in total. The lowest BCUT2D eigenvalue weighted by Crippen LogP contribution is -2.29. The van der Waals surface area contributed by atoms with Crippen molar-refractivity contribution in [3.05, 3.63) is 98.1 Å². The number of aromatic nitrogens is 1. The second-order valence-electron chi connectivity index (χ2n) is 9.38. The fraction of sp³-hybridized carbons (Fsp3) is 0.222. The Morgan fingerprint density at radius 1 is 1.09 bits per heavy atom. The van der Waals surface area contributed by atoms with Gasteiger partial charge in [0.05, 0.1) is 5.71 Å². The van der Waals surface area contributed by atoms with E-state index in [-0.39, 0.29) is 11.0 Å². The van der Waals surface area contributed by atoms with E-state index >= 15 is 0 Å². The summed E-state index contributed by atoms with van der Waals surface area (Å²) in [5, 5.41) is 4.86. The summed E-state index contributed by atoms with van der Waals surface area (Å²) in [5.41, 5.74) is 4.30. The molecular formula is C27H23BrN2O4. The van der Waals surface area contributed by atoms with E-state index < -0.39 is 11.6 Å². The number of rotatable bonds is 3. The van der Waals surface area contributed by atoms with E-state index in [1.807, 2.05) is 18.2 Å². The molecule has 0 aliphatic heterocycles. The fourth-order valence-corrected chi connectivity index (χ4v) is 4.96. The van der Waals surface area contributed by atoms with Gasteiger partial charge in [-0.1, -0.05) is 53.1 Å². The second-order valence-corrected chi connectivity index (χ2v) is 10.3. The highest BCUT2D eigenvalue weighted by Crippen LogP contribution is 2.38. The number of oxime groups is 1. The van der Waals surface area contributed by atoms with Crippen molar-refractivity contribution in [3.8, 4) is 5.69 Å². The number of hydrogen-bond donors (Lipinski definition) is 0. The molecule has 1 aliphatic carbocycles. The van der Waals surface area contributed by atoms with Crippen LogP contribution in [0.1, 0.15) is 47.6 Å². The Morgan fingerprint density at radius 2 is 1.85 bits per heavy atom. The van der Waals surface area contributed by atoms with Crippen LogP contribution in [0.2, 0.25) is 0 Å². The summed E-state index contributed by atoms with van der Waals surface area (Å²) >= 11 is 3.39. The molecule has 2 aromatic heterocycles. The average Bonchev–Trinajstić information content (AvgIpc) is 3.12. The monoisotopic (exact) mass is 518 g/mol. The first-order valence-corrected chi connectivity index (χ1v) is 11.8. The Bertz CT molecular complexity index is 1510. The number of benzene rings is 2. The highest BCUT2D eigenvalue weighted by atomic mass is 79.9. The van der Waals surface area contributed by atoms with Gasteiger partial charge in [-0.2, -0.15) is 0 Å². The first-order valence-electron chi connectivity index (χ1n) is 11.0. The first-order chi connectivity index (χ1) is 16.2. The molecular weight excluding hydrogens is 496 g/mol. The van der Waals surface area contributed by atoms with Gasteiger partial charge in [-0.3, -0.25) is 0 Å². The van der Waals surface area contributed by atoms with E-state index in [0.717, 1.165) is 33.5 Å². The number of para-hydroxylation sites is 1. The van der Waals surface area contributed by atoms with Gasteiger partial charge in [-0.25, -0.2) is 9.59 Å². The minimum absolute atomic E-state index is 0.0795. The van der Waals surface area contributed by atoms with Crippen LogP contribution in [0.4, 0.5) is 0 Å². The second kappa shape index (κ2) is 8.40. The van der Waals surface area contributed by atoms with Crippen molar-refractivity contribution in [2.75, 3.05) is 0 Å². The molecule has 0 bridgehead atoms. The molecule has 172 valence electrons. The van der Waals surface area contributed by atoms with Crippen molar-refractivity contribution < 1.29 is 14.0 Å². The molecule has 34 heavy (non-hydrogen) atoms. The maximum atomic E-state index is 12.8. The Hall–Kier alpha value is -3.45. The lowest BCUT2D eigenvalue weighted by molar-refractivity contribution is 0.0509. The fourth-order valence-electron chi connectivity index (χ4n) is 4.58. The minimum Gasteiger partial charge on any atom is -0.422 e. The third-order valence-corrected chi connectivity index (χ3v) is 6.55. The van der Waals surface area contributed by atoms with E-state index in [9.17, 15) is 9.59 Å². The maximum Gasteiger partial charge on any atom is 0.373 e. The molecule has 0 saturated heterocycles. The molecule has 5 rings (SSSR count). The van der Waals surface area contributed by atoms with Gasteiger partial charge in [0.2, 0.25) is 0 Å². The quantitative estimate of drug-likeness (QED) is 0.184. The van der Waals surface area contributed by atoms with Gasteiger partial charge in [0.1, 0.15) is 11.1 Å². The van der Waals surface area contributed by atoms with Crippen LogP contribution >= 0.6 is 15.9 Å². The normalized spacial score (nSPS) is 15.9. The molecule has 4 aromatic rings. The molecule has 0 unspecified atom stereocenters. The van der Waals surface area contributed by atoms with E-state index in [1.54, 1.807) is 18.2 Å². The van der Waals surface area contributed by atoms with E-state index in [1.165, 1.54) is 6.07 Å². The van der Waals surface area contributed by atoms with Crippen LogP contribution in [0.15, 0.2) is 79.5 Å². The van der Waals surface area contributed by atoms with Gasteiger partial charge in [0.25, 0.3) is 0 Å². The summed E-state index contributed by atoms with van der Waals surface area (Å²) in [6.45, 7) is 6.39. The molecule has 6 nitrogen and oxygen atoms in total. The van der Waals surface area contributed by atoms with Crippen molar-refractivity contribution in [1.82, 2.24) is 4.57 Å². The van der Waals surface area contributed by atoms with E-state index in [0.29, 0.717) is 23.1 Å². The third kappa shape index (κ3) is 4.12. The van der Waals surface area contributed by atoms with Crippen molar-refractivity contribution in [2.45, 2.75) is 33.6 Å². The topological polar surface area (TPSA) is 73.8 Å². The number of halogens is 1. The highest BCUT2D eigenvalue weighted by Gasteiger charge is 2.34. The van der Waals surface area contributed by atoms with Gasteiger partial charge < -0.3 is 13.8 Å². The van der Waals surface area contributed by atoms with Crippen LogP contribution in [0.25, 0.3) is 16.7 Å². The van der Waals surface area contributed by atoms with Gasteiger partial charge >= 0.3 is 11.6 Å². The number of fused-ring (bicyclic) bond motifs is 2. The van der Waals surface area contributed by atoms with Crippen LogP contribution in [0.3, 0.4) is 0 Å². The molecule has 0 atom stereocenters. The molecule has 7 heteroatoms. The summed E-state index contributed by atoms with van der Waals surface area (Å²) in [4.78, 5) is 30.5. The number of hydrogen-bond acceptors (Lipinski definition) is 5. The molecule has 0 radical (unpaired) electrons. The molecule has 2 heterocycles. The van der Waals surface area contributed by atoms with E-state index in [4.69, 9.17) is 9.25 Å². The number of nitrogens with zero attached hydrogens (tertiary/aromatic N) is 2. The Kier molecular flexibility index (Phi) is 5.52. The molecule has 1 aliphatic rings. The van der Waals surface area contributed by atoms with Crippen LogP contribution in [-0.4, -0.2) is 16.2 Å². The van der Waals surface area contributed by atoms with Crippen LogP contribution in [-0.2, 0) is 11.3 Å². The lowest BCUT2D eigenvalue weighted by atomic mass is 9.76. The lowest BCUT2D eigenvalue weighted by Gasteiger charge is -2.31. The molecule has 0 amide bonds. The third-order valence-electron chi connectivity index (χ3n) is 6.06. The van der Waals surface area contributed by atoms with Crippen molar-refractivity contribution in [3.63, 3.8) is 0 Å².